The van der Waals surface area contributed by atoms with Gasteiger partial charge in [-0.1, -0.05) is 13.0 Å². The lowest BCUT2D eigenvalue weighted by Gasteiger charge is -2.15. The largest absolute Gasteiger partial charge is 0.434 e. The first-order valence-electron chi connectivity index (χ1n) is 6.13. The highest BCUT2D eigenvalue weighted by atomic mass is 32.1. The normalized spacial score (nSPS) is 13.2. The maximum Gasteiger partial charge on any atom is 0.434 e. The van der Waals surface area contributed by atoms with Crippen LogP contribution in [0.3, 0.4) is 0 Å². The van der Waals surface area contributed by atoms with Crippen LogP contribution in [-0.4, -0.2) is 9.97 Å². The van der Waals surface area contributed by atoms with Crippen LogP contribution in [0.4, 0.5) is 19.0 Å². The molecular weight excluding hydrogens is 287 g/mol. The van der Waals surface area contributed by atoms with E-state index in [0.717, 1.165) is 22.4 Å². The zero-order chi connectivity index (χ0) is 14.8. The van der Waals surface area contributed by atoms with E-state index in [-0.39, 0.29) is 6.04 Å². The van der Waals surface area contributed by atoms with Crippen molar-refractivity contribution in [2.45, 2.75) is 32.5 Å². The van der Waals surface area contributed by atoms with Gasteiger partial charge in [0.25, 0.3) is 0 Å². The molecule has 0 saturated carbocycles. The Hall–Kier alpha value is -1.63. The SMILES string of the molecule is CCC(Nc1cccc(C)n1)c1nc(C(F)(F)F)cs1. The summed E-state index contributed by atoms with van der Waals surface area (Å²) < 4.78 is 37.7. The Bertz CT molecular complexity index is 580. The summed E-state index contributed by atoms with van der Waals surface area (Å²) in [5.41, 5.74) is 0.00919. The third kappa shape index (κ3) is 3.47. The first-order valence-corrected chi connectivity index (χ1v) is 7.01. The van der Waals surface area contributed by atoms with Gasteiger partial charge in [0.05, 0.1) is 6.04 Å². The Morgan fingerprint density at radius 3 is 2.60 bits per heavy atom. The van der Waals surface area contributed by atoms with Crippen molar-refractivity contribution in [2.75, 3.05) is 5.32 Å². The third-order valence-electron chi connectivity index (χ3n) is 2.73. The van der Waals surface area contributed by atoms with Crippen molar-refractivity contribution in [1.29, 1.82) is 0 Å². The molecule has 20 heavy (non-hydrogen) atoms. The first-order chi connectivity index (χ1) is 9.40. The third-order valence-corrected chi connectivity index (χ3v) is 3.69. The summed E-state index contributed by atoms with van der Waals surface area (Å²) >= 11 is 1.01. The summed E-state index contributed by atoms with van der Waals surface area (Å²) in [5.74, 6) is 0.639. The minimum Gasteiger partial charge on any atom is -0.361 e. The van der Waals surface area contributed by atoms with Crippen LogP contribution in [0.25, 0.3) is 0 Å². The molecule has 0 aliphatic rings. The van der Waals surface area contributed by atoms with Gasteiger partial charge in [0.1, 0.15) is 10.8 Å². The second-order valence-electron chi connectivity index (χ2n) is 4.34. The van der Waals surface area contributed by atoms with E-state index in [2.05, 4.69) is 15.3 Å². The van der Waals surface area contributed by atoms with Crippen LogP contribution in [0.1, 0.15) is 35.8 Å². The molecule has 0 radical (unpaired) electrons. The van der Waals surface area contributed by atoms with E-state index in [1.165, 1.54) is 0 Å². The summed E-state index contributed by atoms with van der Waals surface area (Å²) in [6, 6.07) is 5.22. The Morgan fingerprint density at radius 2 is 2.05 bits per heavy atom. The fourth-order valence-corrected chi connectivity index (χ4v) is 2.68. The van der Waals surface area contributed by atoms with Crippen LogP contribution in [0.5, 0.6) is 0 Å². The molecule has 2 aromatic rings. The van der Waals surface area contributed by atoms with E-state index in [4.69, 9.17) is 0 Å². The predicted octanol–water partition coefficient (Wildman–Crippen LogP) is 4.43. The first kappa shape index (κ1) is 14.8. The molecule has 0 saturated heterocycles. The van der Waals surface area contributed by atoms with Gasteiger partial charge in [-0.25, -0.2) is 9.97 Å². The van der Waals surface area contributed by atoms with Gasteiger partial charge in [0.2, 0.25) is 0 Å². The van der Waals surface area contributed by atoms with Gasteiger partial charge in [-0.05, 0) is 25.5 Å². The van der Waals surface area contributed by atoms with Crippen LogP contribution >= 0.6 is 11.3 Å². The summed E-state index contributed by atoms with van der Waals surface area (Å²) in [4.78, 5) is 7.96. The summed E-state index contributed by atoms with van der Waals surface area (Å²) in [6.45, 7) is 3.75. The molecule has 1 unspecified atom stereocenters. The number of aryl methyl sites for hydroxylation is 1. The minimum absolute atomic E-state index is 0.273. The minimum atomic E-state index is -4.39. The van der Waals surface area contributed by atoms with E-state index >= 15 is 0 Å². The molecule has 7 heteroatoms. The zero-order valence-corrected chi connectivity index (χ0v) is 11.8. The summed E-state index contributed by atoms with van der Waals surface area (Å²) in [7, 11) is 0. The standard InChI is InChI=1S/C13H14F3N3S/c1-3-9(18-11-6-4-5-8(2)17-11)12-19-10(7-20-12)13(14,15)16/h4-7,9H,3H2,1-2H3,(H,17,18). The number of hydrogen-bond acceptors (Lipinski definition) is 4. The smallest absolute Gasteiger partial charge is 0.361 e. The van der Waals surface area contributed by atoms with Crippen molar-refractivity contribution in [2.24, 2.45) is 0 Å². The number of pyridine rings is 1. The van der Waals surface area contributed by atoms with Gasteiger partial charge in [-0.3, -0.25) is 0 Å². The maximum absolute atomic E-state index is 12.6. The summed E-state index contributed by atoms with van der Waals surface area (Å²) in [5, 5.41) is 4.58. The van der Waals surface area contributed by atoms with E-state index < -0.39 is 11.9 Å². The van der Waals surface area contributed by atoms with Gasteiger partial charge < -0.3 is 5.32 Å². The number of thiazole rings is 1. The molecule has 0 bridgehead atoms. The van der Waals surface area contributed by atoms with Gasteiger partial charge in [-0.2, -0.15) is 13.2 Å². The number of alkyl halides is 3. The molecule has 0 aliphatic heterocycles. The van der Waals surface area contributed by atoms with E-state index in [1.807, 2.05) is 26.0 Å². The van der Waals surface area contributed by atoms with Gasteiger partial charge in [0, 0.05) is 11.1 Å². The Kier molecular flexibility index (Phi) is 4.27. The molecule has 1 atom stereocenters. The molecule has 0 fully saturated rings. The Labute approximate surface area is 118 Å². The van der Waals surface area contributed by atoms with Crippen LogP contribution in [0.15, 0.2) is 23.6 Å². The Balaban J connectivity index is 2.18. The molecule has 2 rings (SSSR count). The predicted molar refractivity (Wildman–Crippen MR) is 72.7 cm³/mol. The molecule has 2 heterocycles. The number of halogens is 3. The van der Waals surface area contributed by atoms with Crippen molar-refractivity contribution >= 4 is 17.2 Å². The highest BCUT2D eigenvalue weighted by Crippen LogP contribution is 2.33. The van der Waals surface area contributed by atoms with E-state index in [1.54, 1.807) is 6.07 Å². The van der Waals surface area contributed by atoms with Crippen molar-refractivity contribution < 1.29 is 13.2 Å². The molecule has 0 spiro atoms. The Morgan fingerprint density at radius 1 is 1.30 bits per heavy atom. The molecule has 0 aliphatic carbocycles. The van der Waals surface area contributed by atoms with Gasteiger partial charge in [0.15, 0.2) is 5.69 Å². The number of nitrogens with one attached hydrogen (secondary N) is 1. The quantitative estimate of drug-likeness (QED) is 0.908. The summed E-state index contributed by atoms with van der Waals surface area (Å²) in [6.07, 6.45) is -3.77. The number of hydrogen-bond donors (Lipinski definition) is 1. The van der Waals surface area contributed by atoms with Gasteiger partial charge in [-0.15, -0.1) is 11.3 Å². The number of nitrogens with zero attached hydrogens (tertiary/aromatic N) is 2. The second-order valence-corrected chi connectivity index (χ2v) is 5.23. The highest BCUT2D eigenvalue weighted by Gasteiger charge is 2.34. The topological polar surface area (TPSA) is 37.8 Å². The average Bonchev–Trinajstić information content (AvgIpc) is 2.85. The molecule has 2 aromatic heterocycles. The lowest BCUT2D eigenvalue weighted by Crippen LogP contribution is -2.12. The van der Waals surface area contributed by atoms with Crippen LogP contribution in [-0.2, 0) is 6.18 Å². The van der Waals surface area contributed by atoms with Crippen LogP contribution in [0.2, 0.25) is 0 Å². The van der Waals surface area contributed by atoms with Crippen molar-refractivity contribution in [3.05, 3.63) is 40.0 Å². The molecule has 0 aromatic carbocycles. The van der Waals surface area contributed by atoms with E-state index in [0.29, 0.717) is 17.2 Å². The van der Waals surface area contributed by atoms with E-state index in [9.17, 15) is 13.2 Å². The molecule has 1 N–H and O–H groups in total. The lowest BCUT2D eigenvalue weighted by molar-refractivity contribution is -0.140. The van der Waals surface area contributed by atoms with Crippen molar-refractivity contribution in [3.63, 3.8) is 0 Å². The number of rotatable bonds is 4. The lowest BCUT2D eigenvalue weighted by atomic mass is 10.2. The van der Waals surface area contributed by atoms with Crippen molar-refractivity contribution in [3.8, 4) is 0 Å². The molecule has 3 nitrogen and oxygen atoms in total. The van der Waals surface area contributed by atoms with Gasteiger partial charge >= 0.3 is 6.18 Å². The fourth-order valence-electron chi connectivity index (χ4n) is 1.72. The average molecular weight is 301 g/mol. The molecule has 108 valence electrons. The number of anilines is 1. The zero-order valence-electron chi connectivity index (χ0n) is 11.0. The fraction of sp³-hybridized carbons (Fsp3) is 0.385. The van der Waals surface area contributed by atoms with Crippen LogP contribution in [0, 0.1) is 6.92 Å². The second kappa shape index (κ2) is 5.78. The maximum atomic E-state index is 12.6. The molecular formula is C13H14F3N3S. The van der Waals surface area contributed by atoms with Crippen LogP contribution < -0.4 is 5.32 Å². The van der Waals surface area contributed by atoms with Crippen molar-refractivity contribution in [1.82, 2.24) is 9.97 Å². The highest BCUT2D eigenvalue weighted by molar-refractivity contribution is 7.09. The molecule has 0 amide bonds. The monoisotopic (exact) mass is 301 g/mol. The number of aromatic nitrogens is 2.